The summed E-state index contributed by atoms with van der Waals surface area (Å²) >= 11 is 0. The molecule has 1 heterocycles. The van der Waals surface area contributed by atoms with Crippen LogP contribution in [0.3, 0.4) is 0 Å². The van der Waals surface area contributed by atoms with Crippen molar-refractivity contribution in [1.29, 1.82) is 0 Å². The zero-order chi connectivity index (χ0) is 26.0. The number of nitrogens with zero attached hydrogens (tertiary/aromatic N) is 2. The number of benzene rings is 2. The van der Waals surface area contributed by atoms with Crippen LogP contribution in [0, 0.1) is 0 Å². The normalized spacial score (nSPS) is 11.2. The lowest BCUT2D eigenvalue weighted by atomic mass is 10.2. The molecule has 192 valence electrons. The van der Waals surface area contributed by atoms with Gasteiger partial charge in [-0.25, -0.2) is 4.79 Å². The van der Waals surface area contributed by atoms with Crippen molar-refractivity contribution in [3.05, 3.63) is 89.9 Å². The highest BCUT2D eigenvalue weighted by atomic mass is 19.4. The second kappa shape index (κ2) is 12.8. The van der Waals surface area contributed by atoms with Crippen LogP contribution < -0.4 is 5.32 Å². The summed E-state index contributed by atoms with van der Waals surface area (Å²) < 4.78 is 49.0. The van der Waals surface area contributed by atoms with E-state index in [2.05, 4.69) is 5.32 Å². The first-order valence-electron chi connectivity index (χ1n) is 11.3. The van der Waals surface area contributed by atoms with Crippen molar-refractivity contribution in [2.75, 3.05) is 32.1 Å². The molecule has 2 aromatic carbocycles. The van der Waals surface area contributed by atoms with E-state index in [0.717, 1.165) is 17.7 Å². The zero-order valence-corrected chi connectivity index (χ0v) is 19.8. The maximum absolute atomic E-state index is 13.3. The van der Waals surface area contributed by atoms with Gasteiger partial charge < -0.3 is 24.3 Å². The summed E-state index contributed by atoms with van der Waals surface area (Å²) in [5.74, 6) is 0.287. The van der Waals surface area contributed by atoms with Crippen molar-refractivity contribution >= 4 is 17.6 Å². The molecule has 0 spiro atoms. The molecule has 0 aliphatic rings. The Bertz CT molecular complexity index is 1090. The van der Waals surface area contributed by atoms with Crippen molar-refractivity contribution < 1.29 is 31.9 Å². The van der Waals surface area contributed by atoms with E-state index in [1.54, 1.807) is 17.0 Å². The fraction of sp³-hybridized carbons (Fsp3) is 0.308. The summed E-state index contributed by atoms with van der Waals surface area (Å²) in [4.78, 5) is 29.2. The minimum Gasteiger partial charge on any atom is -0.467 e. The molecule has 10 heteroatoms. The molecule has 0 unspecified atom stereocenters. The van der Waals surface area contributed by atoms with Gasteiger partial charge in [-0.05, 0) is 48.4 Å². The van der Waals surface area contributed by atoms with Gasteiger partial charge in [-0.15, -0.1) is 0 Å². The Balaban J connectivity index is 1.73. The van der Waals surface area contributed by atoms with Crippen LogP contribution in [0.2, 0.25) is 0 Å². The Labute approximate surface area is 207 Å². The lowest BCUT2D eigenvalue weighted by Gasteiger charge is -2.27. The van der Waals surface area contributed by atoms with Crippen LogP contribution in [-0.4, -0.2) is 48.5 Å². The molecule has 36 heavy (non-hydrogen) atoms. The number of furan rings is 1. The van der Waals surface area contributed by atoms with Gasteiger partial charge in [0.2, 0.25) is 5.91 Å². The quantitative estimate of drug-likeness (QED) is 0.356. The molecule has 0 fully saturated rings. The zero-order valence-electron chi connectivity index (χ0n) is 19.8. The lowest BCUT2D eigenvalue weighted by Crippen LogP contribution is -2.44. The number of hydrogen-bond donors (Lipinski definition) is 1. The molecule has 1 N–H and O–H groups in total. The lowest BCUT2D eigenvalue weighted by molar-refractivity contribution is -0.137. The number of carbonyl (C=O) groups is 2. The number of urea groups is 1. The Kier molecular flexibility index (Phi) is 9.52. The monoisotopic (exact) mass is 503 g/mol. The van der Waals surface area contributed by atoms with Gasteiger partial charge in [-0.1, -0.05) is 30.3 Å². The maximum atomic E-state index is 13.3. The van der Waals surface area contributed by atoms with Crippen LogP contribution in [0.1, 0.15) is 23.3 Å². The van der Waals surface area contributed by atoms with E-state index in [1.807, 2.05) is 30.3 Å². The van der Waals surface area contributed by atoms with Crippen molar-refractivity contribution in [2.45, 2.75) is 25.7 Å². The smallest absolute Gasteiger partial charge is 0.416 e. The molecule has 3 aromatic rings. The Morgan fingerprint density at radius 3 is 2.28 bits per heavy atom. The highest BCUT2D eigenvalue weighted by molar-refractivity contribution is 5.92. The molecule has 0 saturated heterocycles. The number of rotatable bonds is 11. The molecule has 3 rings (SSSR count). The number of anilines is 1. The molecule has 0 atom stereocenters. The molecule has 1 aromatic heterocycles. The van der Waals surface area contributed by atoms with Gasteiger partial charge >= 0.3 is 12.2 Å². The average molecular weight is 504 g/mol. The number of halogens is 3. The van der Waals surface area contributed by atoms with Crippen LogP contribution in [0.15, 0.2) is 77.4 Å². The van der Waals surface area contributed by atoms with Gasteiger partial charge in [0.15, 0.2) is 0 Å². The minimum absolute atomic E-state index is 0.189. The van der Waals surface area contributed by atoms with Gasteiger partial charge in [-0.3, -0.25) is 4.79 Å². The Morgan fingerprint density at radius 1 is 0.944 bits per heavy atom. The third kappa shape index (κ3) is 8.16. The third-order valence-electron chi connectivity index (χ3n) is 5.35. The molecule has 0 aliphatic carbocycles. The van der Waals surface area contributed by atoms with Gasteiger partial charge in [0, 0.05) is 32.5 Å². The largest absolute Gasteiger partial charge is 0.467 e. The first kappa shape index (κ1) is 26.8. The third-order valence-corrected chi connectivity index (χ3v) is 5.35. The predicted octanol–water partition coefficient (Wildman–Crippen LogP) is 5.40. The number of methoxy groups -OCH3 is 1. The number of carbonyl (C=O) groups excluding carboxylic acids is 2. The Morgan fingerprint density at radius 2 is 1.67 bits per heavy atom. The van der Waals surface area contributed by atoms with Gasteiger partial charge in [0.05, 0.1) is 18.4 Å². The number of nitrogens with one attached hydrogen (secondary N) is 1. The molecule has 0 saturated carbocycles. The Hall–Kier alpha value is -3.79. The maximum Gasteiger partial charge on any atom is 0.416 e. The van der Waals surface area contributed by atoms with Crippen LogP contribution >= 0.6 is 0 Å². The molecule has 7 nitrogen and oxygen atoms in total. The van der Waals surface area contributed by atoms with Gasteiger partial charge in [-0.2, -0.15) is 13.2 Å². The van der Waals surface area contributed by atoms with Crippen molar-refractivity contribution in [1.82, 2.24) is 9.80 Å². The molecule has 0 aliphatic heterocycles. The highest BCUT2D eigenvalue weighted by Crippen LogP contribution is 2.29. The number of hydrogen-bond acceptors (Lipinski definition) is 4. The minimum atomic E-state index is -4.47. The number of ether oxygens (including phenoxy) is 1. The fourth-order valence-electron chi connectivity index (χ4n) is 3.49. The molecule has 3 amide bonds. The highest BCUT2D eigenvalue weighted by Gasteiger charge is 2.30. The van der Waals surface area contributed by atoms with Crippen molar-refractivity contribution in [3.8, 4) is 0 Å². The van der Waals surface area contributed by atoms with Crippen molar-refractivity contribution in [3.63, 3.8) is 0 Å². The van der Waals surface area contributed by atoms with E-state index < -0.39 is 17.8 Å². The first-order valence-corrected chi connectivity index (χ1v) is 11.3. The van der Waals surface area contributed by atoms with E-state index >= 15 is 0 Å². The topological polar surface area (TPSA) is 75.0 Å². The van der Waals surface area contributed by atoms with E-state index in [9.17, 15) is 22.8 Å². The van der Waals surface area contributed by atoms with Gasteiger partial charge in [0.25, 0.3) is 0 Å². The average Bonchev–Trinajstić information content (AvgIpc) is 3.36. The van der Waals surface area contributed by atoms with E-state index in [4.69, 9.17) is 9.15 Å². The van der Waals surface area contributed by atoms with Crippen LogP contribution in [0.5, 0.6) is 0 Å². The second-order valence-corrected chi connectivity index (χ2v) is 8.09. The number of amides is 3. The summed E-state index contributed by atoms with van der Waals surface area (Å²) in [6.07, 6.45) is -2.48. The number of alkyl halides is 3. The van der Waals surface area contributed by atoms with Crippen LogP contribution in [0.4, 0.5) is 23.7 Å². The van der Waals surface area contributed by atoms with Crippen LogP contribution in [-0.2, 0) is 28.8 Å². The summed E-state index contributed by atoms with van der Waals surface area (Å²) in [7, 11) is 1.53. The summed E-state index contributed by atoms with van der Waals surface area (Å²) in [6.45, 7) is 0.883. The SMILES string of the molecule is COCCCN(CC(=O)N(Cc1ccccc1)Cc1ccco1)C(=O)Nc1ccc(C(F)(F)F)cc1. The van der Waals surface area contributed by atoms with Crippen LogP contribution in [0.25, 0.3) is 0 Å². The molecule has 0 bridgehead atoms. The molecule has 0 radical (unpaired) electrons. The van der Waals surface area contributed by atoms with E-state index in [-0.39, 0.29) is 31.2 Å². The second-order valence-electron chi connectivity index (χ2n) is 8.09. The van der Waals surface area contributed by atoms with Gasteiger partial charge in [0.1, 0.15) is 12.3 Å². The predicted molar refractivity (Wildman–Crippen MR) is 128 cm³/mol. The molecular formula is C26H28F3N3O4. The van der Waals surface area contributed by atoms with E-state index in [1.165, 1.54) is 30.4 Å². The first-order chi connectivity index (χ1) is 17.3. The van der Waals surface area contributed by atoms with E-state index in [0.29, 0.717) is 25.3 Å². The summed E-state index contributed by atoms with van der Waals surface area (Å²) in [6, 6.07) is 16.5. The summed E-state index contributed by atoms with van der Waals surface area (Å²) in [5.41, 5.74) is 0.286. The fourth-order valence-corrected chi connectivity index (χ4v) is 3.49. The summed E-state index contributed by atoms with van der Waals surface area (Å²) in [5, 5.41) is 2.58. The molecular weight excluding hydrogens is 475 g/mol. The standard InChI is InChI=1S/C26H28F3N3O4/c1-35-15-6-14-31(25(34)30-22-12-10-21(11-13-22)26(27,28)29)19-24(33)32(18-23-9-5-16-36-23)17-20-7-3-2-4-8-20/h2-5,7-13,16H,6,14-15,17-19H2,1H3,(H,30,34). The van der Waals surface area contributed by atoms with Crippen molar-refractivity contribution in [2.24, 2.45) is 0 Å².